The van der Waals surface area contributed by atoms with Crippen LogP contribution < -0.4 is 5.32 Å². The van der Waals surface area contributed by atoms with Gasteiger partial charge in [-0.1, -0.05) is 88.4 Å². The fraction of sp³-hybridized carbons (Fsp3) is 0.381. The number of likely N-dealkylation sites (N-methyl/N-ethyl adjacent to an activating group) is 1. The Morgan fingerprint density at radius 3 is 1.61 bits per heavy atom. The molecule has 0 aromatic heterocycles. The molecule has 0 heterocycles. The Kier molecular flexibility index (Phi) is 7.53. The number of hydrogen-bond acceptors (Lipinski definition) is 1. The van der Waals surface area contributed by atoms with E-state index >= 15 is 0 Å². The van der Waals surface area contributed by atoms with Crippen LogP contribution in [0.5, 0.6) is 0 Å². The molecule has 2 nitrogen and oxygen atoms in total. The highest BCUT2D eigenvalue weighted by Gasteiger charge is 2.44. The van der Waals surface area contributed by atoms with E-state index in [2.05, 4.69) is 19.2 Å². The maximum Gasteiger partial charge on any atom is 0.235 e. The van der Waals surface area contributed by atoms with Crippen LogP contribution >= 0.6 is 0 Å². The van der Waals surface area contributed by atoms with Crippen molar-refractivity contribution < 1.29 is 4.79 Å². The average molecular weight is 311 g/mol. The summed E-state index contributed by atoms with van der Waals surface area (Å²) in [6.07, 6.45) is 0. The van der Waals surface area contributed by atoms with Crippen LogP contribution in [0.1, 0.15) is 45.7 Å². The van der Waals surface area contributed by atoms with E-state index in [1.165, 1.54) is 0 Å². The standard InChI is InChI=1S/C19H23NO.C2H6/c1-4-20-18(21)19(15(2)3,16-11-7-5-8-12-16)17-13-9-6-10-14-17;1-2/h5-15H,4H2,1-3H3,(H,20,21);1-2H3. The molecule has 0 spiro atoms. The molecule has 0 bridgehead atoms. The van der Waals surface area contributed by atoms with E-state index in [1.54, 1.807) is 0 Å². The van der Waals surface area contributed by atoms with Gasteiger partial charge in [0.05, 0.1) is 0 Å². The van der Waals surface area contributed by atoms with Gasteiger partial charge in [-0.05, 0) is 24.0 Å². The van der Waals surface area contributed by atoms with Gasteiger partial charge < -0.3 is 5.32 Å². The Morgan fingerprint density at radius 1 is 0.913 bits per heavy atom. The predicted molar refractivity (Wildman–Crippen MR) is 98.5 cm³/mol. The third kappa shape index (κ3) is 3.82. The van der Waals surface area contributed by atoms with Crippen molar-refractivity contribution in [2.75, 3.05) is 6.54 Å². The normalized spacial score (nSPS) is 10.7. The molecule has 0 radical (unpaired) electrons. The van der Waals surface area contributed by atoms with E-state index in [-0.39, 0.29) is 11.8 Å². The maximum absolute atomic E-state index is 13.0. The van der Waals surface area contributed by atoms with E-state index in [1.807, 2.05) is 81.4 Å². The van der Waals surface area contributed by atoms with Gasteiger partial charge >= 0.3 is 0 Å². The van der Waals surface area contributed by atoms with Crippen molar-refractivity contribution in [1.82, 2.24) is 5.32 Å². The molecule has 0 saturated heterocycles. The van der Waals surface area contributed by atoms with Crippen LogP contribution in [-0.2, 0) is 10.2 Å². The number of rotatable bonds is 5. The Labute approximate surface area is 140 Å². The molecule has 0 aliphatic rings. The molecule has 0 aliphatic carbocycles. The summed E-state index contributed by atoms with van der Waals surface area (Å²) < 4.78 is 0. The second-order valence-corrected chi connectivity index (χ2v) is 5.55. The quantitative estimate of drug-likeness (QED) is 0.845. The van der Waals surface area contributed by atoms with Gasteiger partial charge in [0.1, 0.15) is 5.41 Å². The van der Waals surface area contributed by atoms with Crippen LogP contribution in [0, 0.1) is 5.92 Å². The smallest absolute Gasteiger partial charge is 0.235 e. The molecule has 2 heteroatoms. The molecule has 2 rings (SSSR count). The summed E-state index contributed by atoms with van der Waals surface area (Å²) in [5.41, 5.74) is 1.42. The lowest BCUT2D eigenvalue weighted by Crippen LogP contribution is -2.49. The molecule has 124 valence electrons. The highest BCUT2D eigenvalue weighted by molar-refractivity contribution is 5.92. The topological polar surface area (TPSA) is 29.1 Å². The zero-order valence-electron chi connectivity index (χ0n) is 15.0. The molecule has 0 fully saturated rings. The van der Waals surface area contributed by atoms with Crippen molar-refractivity contribution >= 4 is 5.91 Å². The molecule has 0 atom stereocenters. The number of carbonyl (C=O) groups excluding carboxylic acids is 1. The minimum Gasteiger partial charge on any atom is -0.355 e. The van der Waals surface area contributed by atoms with Crippen LogP contribution in [0.2, 0.25) is 0 Å². The Balaban J connectivity index is 0.00000127. The molecule has 1 N–H and O–H groups in total. The molecule has 2 aromatic carbocycles. The molecule has 0 aliphatic heterocycles. The fourth-order valence-corrected chi connectivity index (χ4v) is 3.06. The first kappa shape index (κ1) is 19.0. The predicted octanol–water partition coefficient (Wildman–Crippen LogP) is 4.79. The van der Waals surface area contributed by atoms with Gasteiger partial charge in [0.2, 0.25) is 5.91 Å². The number of hydrogen-bond donors (Lipinski definition) is 1. The third-order valence-corrected chi connectivity index (χ3v) is 4.02. The summed E-state index contributed by atoms with van der Waals surface area (Å²) in [5.74, 6) is 0.214. The van der Waals surface area contributed by atoms with Crippen LogP contribution in [0.25, 0.3) is 0 Å². The first-order valence-corrected chi connectivity index (χ1v) is 8.53. The van der Waals surface area contributed by atoms with Gasteiger partial charge in [-0.2, -0.15) is 0 Å². The number of nitrogens with one attached hydrogen (secondary N) is 1. The third-order valence-electron chi connectivity index (χ3n) is 4.02. The largest absolute Gasteiger partial charge is 0.355 e. The maximum atomic E-state index is 13.0. The minimum atomic E-state index is -0.654. The molecule has 0 unspecified atom stereocenters. The van der Waals surface area contributed by atoms with Crippen LogP contribution in [0.3, 0.4) is 0 Å². The van der Waals surface area contributed by atoms with Crippen molar-refractivity contribution in [3.05, 3.63) is 71.8 Å². The van der Waals surface area contributed by atoms with Gasteiger partial charge in [0.15, 0.2) is 0 Å². The number of carbonyl (C=O) groups is 1. The molecular formula is C21H29NO. The molecule has 23 heavy (non-hydrogen) atoms. The Bertz CT molecular complexity index is 536. The van der Waals surface area contributed by atoms with Crippen LogP contribution in [0.4, 0.5) is 0 Å². The monoisotopic (exact) mass is 311 g/mol. The SMILES string of the molecule is CC.CCNC(=O)C(c1ccccc1)(c1ccccc1)C(C)C. The van der Waals surface area contributed by atoms with Crippen molar-refractivity contribution in [1.29, 1.82) is 0 Å². The first-order valence-electron chi connectivity index (χ1n) is 8.53. The zero-order chi connectivity index (χ0) is 17.3. The molecular weight excluding hydrogens is 282 g/mol. The average Bonchev–Trinajstić information content (AvgIpc) is 2.59. The van der Waals surface area contributed by atoms with E-state index < -0.39 is 5.41 Å². The van der Waals surface area contributed by atoms with Gasteiger partial charge in [-0.3, -0.25) is 4.79 Å². The summed E-state index contributed by atoms with van der Waals surface area (Å²) in [4.78, 5) is 13.0. The van der Waals surface area contributed by atoms with E-state index in [9.17, 15) is 4.79 Å². The molecule has 1 amide bonds. The fourth-order valence-electron chi connectivity index (χ4n) is 3.06. The summed E-state index contributed by atoms with van der Waals surface area (Å²) in [6.45, 7) is 10.8. The van der Waals surface area contributed by atoms with Gasteiger partial charge in [-0.15, -0.1) is 0 Å². The summed E-state index contributed by atoms with van der Waals surface area (Å²) in [7, 11) is 0. The highest BCUT2D eigenvalue weighted by atomic mass is 16.2. The number of amides is 1. The number of benzene rings is 2. The van der Waals surface area contributed by atoms with Crippen molar-refractivity contribution in [2.45, 2.75) is 40.0 Å². The van der Waals surface area contributed by atoms with E-state index in [4.69, 9.17) is 0 Å². The van der Waals surface area contributed by atoms with E-state index in [0.717, 1.165) is 11.1 Å². The van der Waals surface area contributed by atoms with Crippen molar-refractivity contribution in [3.8, 4) is 0 Å². The van der Waals surface area contributed by atoms with Crippen LogP contribution in [0.15, 0.2) is 60.7 Å². The lowest BCUT2D eigenvalue weighted by molar-refractivity contribution is -0.126. The molecule has 2 aromatic rings. The second-order valence-electron chi connectivity index (χ2n) is 5.55. The van der Waals surface area contributed by atoms with Crippen molar-refractivity contribution in [3.63, 3.8) is 0 Å². The minimum absolute atomic E-state index is 0.0670. The van der Waals surface area contributed by atoms with Gasteiger partial charge in [0.25, 0.3) is 0 Å². The van der Waals surface area contributed by atoms with Gasteiger partial charge in [0, 0.05) is 6.54 Å². The van der Waals surface area contributed by atoms with Crippen LogP contribution in [-0.4, -0.2) is 12.5 Å². The summed E-state index contributed by atoms with van der Waals surface area (Å²) in [6, 6.07) is 20.1. The molecule has 0 saturated carbocycles. The lowest BCUT2D eigenvalue weighted by atomic mass is 9.66. The Hall–Kier alpha value is -2.09. The zero-order valence-corrected chi connectivity index (χ0v) is 15.0. The van der Waals surface area contributed by atoms with Gasteiger partial charge in [-0.25, -0.2) is 0 Å². The first-order chi connectivity index (χ1) is 11.1. The lowest BCUT2D eigenvalue weighted by Gasteiger charge is -2.37. The highest BCUT2D eigenvalue weighted by Crippen LogP contribution is 2.39. The Morgan fingerprint density at radius 2 is 1.30 bits per heavy atom. The summed E-state index contributed by atoms with van der Waals surface area (Å²) in [5, 5.41) is 3.03. The summed E-state index contributed by atoms with van der Waals surface area (Å²) >= 11 is 0. The van der Waals surface area contributed by atoms with E-state index in [0.29, 0.717) is 6.54 Å². The van der Waals surface area contributed by atoms with Crippen molar-refractivity contribution in [2.24, 2.45) is 5.92 Å². The second kappa shape index (κ2) is 9.14.